The number of carbonyl (C=O) groups is 1. The van der Waals surface area contributed by atoms with E-state index in [-0.39, 0.29) is 23.6 Å². The highest BCUT2D eigenvalue weighted by atomic mass is 19.1. The molecule has 5 rings (SSSR count). The maximum absolute atomic E-state index is 13.6. The number of aromatic amines is 1. The van der Waals surface area contributed by atoms with Gasteiger partial charge < -0.3 is 9.67 Å². The molecule has 6 heteroatoms. The molecule has 1 saturated carbocycles. The highest BCUT2D eigenvalue weighted by molar-refractivity contribution is 5.99. The van der Waals surface area contributed by atoms with E-state index in [1.165, 1.54) is 23.4 Å². The Bertz CT molecular complexity index is 1250. The lowest BCUT2D eigenvalue weighted by Crippen LogP contribution is -2.10. The van der Waals surface area contributed by atoms with Crippen LogP contribution in [-0.2, 0) is 4.79 Å². The van der Waals surface area contributed by atoms with Crippen LogP contribution in [0, 0.1) is 11.7 Å². The molecule has 2 N–H and O–H groups in total. The van der Waals surface area contributed by atoms with Crippen LogP contribution >= 0.6 is 0 Å². The molecule has 0 amide bonds. The third-order valence-electron chi connectivity index (χ3n) is 6.43. The summed E-state index contributed by atoms with van der Waals surface area (Å²) in [6, 6.07) is 10.8. The smallest absolute Gasteiger partial charge is 0.306 e. The Morgan fingerprint density at radius 3 is 2.67 bits per heavy atom. The van der Waals surface area contributed by atoms with Crippen molar-refractivity contribution in [3.63, 3.8) is 0 Å². The van der Waals surface area contributed by atoms with E-state index in [0.717, 1.165) is 33.9 Å². The fourth-order valence-electron chi connectivity index (χ4n) is 5.10. The molecule has 154 valence electrons. The molecule has 0 aliphatic heterocycles. The summed E-state index contributed by atoms with van der Waals surface area (Å²) < 4.78 is 15.9. The molecule has 0 bridgehead atoms. The highest BCUT2D eigenvalue weighted by Gasteiger charge is 2.35. The predicted octanol–water partition coefficient (Wildman–Crippen LogP) is 5.74. The molecular weight excluding hydrogens is 381 g/mol. The summed E-state index contributed by atoms with van der Waals surface area (Å²) in [6.45, 7) is 4.32. The molecule has 0 saturated heterocycles. The normalized spacial score (nSPS) is 19.3. The molecule has 2 atom stereocenters. The minimum Gasteiger partial charge on any atom is -0.481 e. The Morgan fingerprint density at radius 2 is 2.00 bits per heavy atom. The first-order chi connectivity index (χ1) is 14.4. The van der Waals surface area contributed by atoms with Gasteiger partial charge in [0.1, 0.15) is 5.82 Å². The average molecular weight is 405 g/mol. The van der Waals surface area contributed by atoms with Crippen molar-refractivity contribution in [2.75, 3.05) is 0 Å². The van der Waals surface area contributed by atoms with Crippen molar-refractivity contribution in [1.82, 2.24) is 14.8 Å². The number of carboxylic acid groups (broad SMARTS) is 1. The van der Waals surface area contributed by atoms with E-state index < -0.39 is 5.97 Å². The number of hydrogen-bond donors (Lipinski definition) is 2. The van der Waals surface area contributed by atoms with E-state index >= 15 is 0 Å². The van der Waals surface area contributed by atoms with E-state index in [1.807, 2.05) is 6.20 Å². The summed E-state index contributed by atoms with van der Waals surface area (Å²) in [6.07, 6.45) is 4.02. The Hall–Kier alpha value is -3.15. The van der Waals surface area contributed by atoms with Crippen LogP contribution in [-0.4, -0.2) is 25.8 Å². The first kappa shape index (κ1) is 18.9. The van der Waals surface area contributed by atoms with Crippen molar-refractivity contribution in [3.8, 4) is 5.69 Å². The number of aromatic nitrogens is 3. The van der Waals surface area contributed by atoms with Gasteiger partial charge in [-0.3, -0.25) is 9.89 Å². The lowest BCUT2D eigenvalue weighted by atomic mass is 9.90. The van der Waals surface area contributed by atoms with Crippen molar-refractivity contribution in [3.05, 3.63) is 59.7 Å². The van der Waals surface area contributed by atoms with Crippen LogP contribution in [0.15, 0.2) is 42.6 Å². The first-order valence-corrected chi connectivity index (χ1v) is 10.4. The summed E-state index contributed by atoms with van der Waals surface area (Å²) in [5.41, 5.74) is 5.32. The van der Waals surface area contributed by atoms with Crippen LogP contribution in [0.2, 0.25) is 0 Å². The summed E-state index contributed by atoms with van der Waals surface area (Å²) >= 11 is 0. The molecule has 2 aromatic heterocycles. The van der Waals surface area contributed by atoms with Gasteiger partial charge in [0.25, 0.3) is 0 Å². The topological polar surface area (TPSA) is 70.9 Å². The molecule has 0 radical (unpaired) electrons. The highest BCUT2D eigenvalue weighted by Crippen LogP contribution is 2.47. The predicted molar refractivity (Wildman–Crippen MR) is 115 cm³/mol. The number of hydrogen-bond acceptors (Lipinski definition) is 2. The van der Waals surface area contributed by atoms with E-state index in [1.54, 1.807) is 12.1 Å². The maximum Gasteiger partial charge on any atom is 0.306 e. The minimum absolute atomic E-state index is 0.188. The van der Waals surface area contributed by atoms with Gasteiger partial charge >= 0.3 is 5.97 Å². The van der Waals surface area contributed by atoms with Gasteiger partial charge in [-0.15, -0.1) is 0 Å². The number of aliphatic carboxylic acids is 1. The summed E-state index contributed by atoms with van der Waals surface area (Å²) in [4.78, 5) is 11.6. The molecule has 1 unspecified atom stereocenters. The lowest BCUT2D eigenvalue weighted by Gasteiger charge is -2.18. The summed E-state index contributed by atoms with van der Waals surface area (Å²) in [7, 11) is 0. The Balaban J connectivity index is 1.82. The van der Waals surface area contributed by atoms with Crippen molar-refractivity contribution in [2.24, 2.45) is 5.92 Å². The first-order valence-electron chi connectivity index (χ1n) is 10.4. The van der Waals surface area contributed by atoms with Gasteiger partial charge in [0, 0.05) is 22.2 Å². The third-order valence-corrected chi connectivity index (χ3v) is 6.43. The second-order valence-electron chi connectivity index (χ2n) is 8.64. The number of H-pyrrole nitrogens is 1. The summed E-state index contributed by atoms with van der Waals surface area (Å²) in [5, 5.41) is 18.9. The van der Waals surface area contributed by atoms with Gasteiger partial charge in [-0.1, -0.05) is 13.8 Å². The number of nitrogens with one attached hydrogen (secondary N) is 1. The number of rotatable bonds is 4. The maximum atomic E-state index is 13.6. The fraction of sp³-hybridized carbons (Fsp3) is 0.333. The molecule has 5 nitrogen and oxygen atoms in total. The standard InChI is InChI=1S/C24H24FN3O2/c1-13(2)23-22(14-3-4-15(9-14)24(29)30)19-11-20-16(12-26-27-20)10-21(19)28(23)18-7-5-17(25)6-8-18/h5-8,10-15H,3-4,9H2,1-2H3,(H,26,27)(H,29,30)/t14-,15?/m1/s1. The van der Waals surface area contributed by atoms with Gasteiger partial charge in [0.15, 0.2) is 0 Å². The van der Waals surface area contributed by atoms with Crippen molar-refractivity contribution >= 4 is 27.8 Å². The van der Waals surface area contributed by atoms with Gasteiger partial charge in [-0.05, 0) is 73.1 Å². The Labute approximate surface area is 173 Å². The zero-order chi connectivity index (χ0) is 21.0. The monoisotopic (exact) mass is 405 g/mol. The van der Waals surface area contributed by atoms with Crippen molar-refractivity contribution in [1.29, 1.82) is 0 Å². The third kappa shape index (κ3) is 2.90. The van der Waals surface area contributed by atoms with Crippen molar-refractivity contribution < 1.29 is 14.3 Å². The SMILES string of the molecule is CC(C)c1c([C@@H]2CCC(C(=O)O)C2)c2cc3[nH]ncc3cc2n1-c1ccc(F)cc1. The van der Waals surface area contributed by atoms with E-state index in [2.05, 4.69) is 40.7 Å². The fourth-order valence-corrected chi connectivity index (χ4v) is 5.10. The number of carboxylic acids is 1. The molecule has 30 heavy (non-hydrogen) atoms. The average Bonchev–Trinajstić information content (AvgIpc) is 3.43. The summed E-state index contributed by atoms with van der Waals surface area (Å²) in [5.74, 6) is -0.860. The number of halogens is 1. The van der Waals surface area contributed by atoms with Crippen LogP contribution in [0.3, 0.4) is 0 Å². The van der Waals surface area contributed by atoms with Gasteiger partial charge in [0.2, 0.25) is 0 Å². The van der Waals surface area contributed by atoms with E-state index in [0.29, 0.717) is 12.8 Å². The van der Waals surface area contributed by atoms with Crippen LogP contribution in [0.1, 0.15) is 56.2 Å². The molecule has 4 aromatic rings. The molecular formula is C24H24FN3O2. The van der Waals surface area contributed by atoms with Crippen LogP contribution < -0.4 is 0 Å². The largest absolute Gasteiger partial charge is 0.481 e. The Morgan fingerprint density at radius 1 is 1.23 bits per heavy atom. The zero-order valence-corrected chi connectivity index (χ0v) is 17.0. The van der Waals surface area contributed by atoms with Crippen LogP contribution in [0.5, 0.6) is 0 Å². The minimum atomic E-state index is -0.707. The van der Waals surface area contributed by atoms with E-state index in [9.17, 15) is 14.3 Å². The molecule has 2 heterocycles. The zero-order valence-electron chi connectivity index (χ0n) is 17.0. The molecule has 1 aliphatic carbocycles. The lowest BCUT2D eigenvalue weighted by molar-refractivity contribution is -0.141. The molecule has 0 spiro atoms. The van der Waals surface area contributed by atoms with Crippen molar-refractivity contribution in [2.45, 2.75) is 44.9 Å². The number of benzene rings is 2. The Kier molecular flexibility index (Phi) is 4.38. The number of nitrogens with zero attached hydrogens (tertiary/aromatic N) is 2. The number of fused-ring (bicyclic) bond motifs is 2. The van der Waals surface area contributed by atoms with Crippen LogP contribution in [0.4, 0.5) is 4.39 Å². The van der Waals surface area contributed by atoms with Crippen LogP contribution in [0.25, 0.3) is 27.5 Å². The quantitative estimate of drug-likeness (QED) is 0.455. The van der Waals surface area contributed by atoms with Gasteiger partial charge in [-0.2, -0.15) is 5.10 Å². The van der Waals surface area contributed by atoms with E-state index in [4.69, 9.17) is 0 Å². The van der Waals surface area contributed by atoms with Gasteiger partial charge in [0.05, 0.1) is 23.1 Å². The molecule has 1 fully saturated rings. The second kappa shape index (κ2) is 6.97. The van der Waals surface area contributed by atoms with Gasteiger partial charge in [-0.25, -0.2) is 4.39 Å². The second-order valence-corrected chi connectivity index (χ2v) is 8.64. The molecule has 2 aromatic carbocycles. The molecule has 1 aliphatic rings.